The van der Waals surface area contributed by atoms with Crippen molar-refractivity contribution in [2.24, 2.45) is 13.0 Å². The molecule has 0 spiro atoms. The van der Waals surface area contributed by atoms with Crippen LogP contribution in [0.1, 0.15) is 29.8 Å². The van der Waals surface area contributed by atoms with Gasteiger partial charge in [-0.1, -0.05) is 32.0 Å². The van der Waals surface area contributed by atoms with Gasteiger partial charge >= 0.3 is 0 Å². The van der Waals surface area contributed by atoms with Crippen molar-refractivity contribution in [3.05, 3.63) is 51.9 Å². The molecule has 6 nitrogen and oxygen atoms in total. The van der Waals surface area contributed by atoms with Crippen LogP contribution in [-0.4, -0.2) is 35.1 Å². The van der Waals surface area contributed by atoms with Crippen LogP contribution in [-0.2, 0) is 7.05 Å². The third-order valence-electron chi connectivity index (χ3n) is 4.56. The first kappa shape index (κ1) is 19.0. The smallest absolute Gasteiger partial charge is 0.259 e. The molecule has 1 aromatic carbocycles. The van der Waals surface area contributed by atoms with Gasteiger partial charge in [-0.25, -0.2) is 4.98 Å². The number of pyridine rings is 2. The predicted octanol–water partition coefficient (Wildman–Crippen LogP) is 2.37. The summed E-state index contributed by atoms with van der Waals surface area (Å²) in [6.07, 6.45) is 1.57. The highest BCUT2D eigenvalue weighted by atomic mass is 16.2. The van der Waals surface area contributed by atoms with Gasteiger partial charge in [-0.15, -0.1) is 0 Å². The number of hydrogen-bond donors (Lipinski definition) is 2. The molecule has 0 atom stereocenters. The second-order valence-corrected chi connectivity index (χ2v) is 7.34. The molecule has 2 N–H and O–H groups in total. The Bertz CT molecular complexity index is 1050. The molecule has 2 heterocycles. The summed E-state index contributed by atoms with van der Waals surface area (Å²) >= 11 is 0. The zero-order chi connectivity index (χ0) is 19.6. The lowest BCUT2D eigenvalue weighted by Gasteiger charge is -2.12. The van der Waals surface area contributed by atoms with E-state index in [9.17, 15) is 9.59 Å². The summed E-state index contributed by atoms with van der Waals surface area (Å²) in [6, 6.07) is 7.67. The maximum atomic E-state index is 12.7. The molecule has 3 rings (SSSR count). The molecule has 0 radical (unpaired) electrons. The van der Waals surface area contributed by atoms with Gasteiger partial charge in [-0.05, 0) is 31.0 Å². The molecule has 0 aliphatic rings. The minimum atomic E-state index is -0.220. The molecule has 0 bridgehead atoms. The minimum absolute atomic E-state index is 0.156. The molecule has 2 aromatic heterocycles. The normalized spacial score (nSPS) is 11.4. The van der Waals surface area contributed by atoms with Crippen LogP contribution in [0.3, 0.4) is 0 Å². The number of nitrogens with zero attached hydrogens (tertiary/aromatic N) is 2. The fourth-order valence-electron chi connectivity index (χ4n) is 3.14. The zero-order valence-corrected chi connectivity index (χ0v) is 16.3. The largest absolute Gasteiger partial charge is 0.351 e. The van der Waals surface area contributed by atoms with E-state index in [1.807, 2.05) is 31.2 Å². The number of aromatic nitrogens is 2. The van der Waals surface area contributed by atoms with Gasteiger partial charge in [0.05, 0.1) is 22.0 Å². The molecule has 27 heavy (non-hydrogen) atoms. The van der Waals surface area contributed by atoms with Gasteiger partial charge in [0.15, 0.2) is 0 Å². The lowest BCUT2D eigenvalue weighted by molar-refractivity contribution is 0.0954. The van der Waals surface area contributed by atoms with Crippen LogP contribution in [0, 0.1) is 12.8 Å². The lowest BCUT2D eigenvalue weighted by Crippen LogP contribution is -2.34. The van der Waals surface area contributed by atoms with Crippen LogP contribution in [0.4, 0.5) is 0 Å². The van der Waals surface area contributed by atoms with E-state index < -0.39 is 0 Å². The number of para-hydroxylation sites is 1. The van der Waals surface area contributed by atoms with Crippen molar-refractivity contribution < 1.29 is 4.79 Å². The number of fused-ring (bicyclic) bond motifs is 2. The van der Waals surface area contributed by atoms with E-state index in [0.29, 0.717) is 35.5 Å². The highest BCUT2D eigenvalue weighted by Crippen LogP contribution is 2.22. The van der Waals surface area contributed by atoms with Crippen molar-refractivity contribution in [2.75, 3.05) is 19.6 Å². The van der Waals surface area contributed by atoms with E-state index in [1.165, 1.54) is 4.57 Å². The predicted molar refractivity (Wildman–Crippen MR) is 109 cm³/mol. The SMILES string of the molecule is Cc1cccc2cc3c(=O)n(C)cc(C(=O)NCCNCC(C)C)c3nc12. The summed E-state index contributed by atoms with van der Waals surface area (Å²) < 4.78 is 1.44. The number of carbonyl (C=O) groups excluding carboxylic acids is 1. The highest BCUT2D eigenvalue weighted by molar-refractivity contribution is 6.07. The molecule has 3 aromatic rings. The van der Waals surface area contributed by atoms with Crippen molar-refractivity contribution in [1.29, 1.82) is 0 Å². The number of hydrogen-bond acceptors (Lipinski definition) is 4. The monoisotopic (exact) mass is 366 g/mol. The maximum absolute atomic E-state index is 12.7. The average molecular weight is 366 g/mol. The summed E-state index contributed by atoms with van der Waals surface area (Å²) in [5, 5.41) is 7.57. The molecule has 1 amide bonds. The van der Waals surface area contributed by atoms with Crippen LogP contribution in [0.2, 0.25) is 0 Å². The van der Waals surface area contributed by atoms with E-state index in [2.05, 4.69) is 29.5 Å². The highest BCUT2D eigenvalue weighted by Gasteiger charge is 2.16. The van der Waals surface area contributed by atoms with Gasteiger partial charge in [-0.2, -0.15) is 0 Å². The van der Waals surface area contributed by atoms with E-state index in [4.69, 9.17) is 0 Å². The van der Waals surface area contributed by atoms with Crippen LogP contribution in [0.25, 0.3) is 21.8 Å². The second kappa shape index (κ2) is 7.88. The van der Waals surface area contributed by atoms with Crippen molar-refractivity contribution in [3.63, 3.8) is 0 Å². The van der Waals surface area contributed by atoms with Crippen LogP contribution in [0.5, 0.6) is 0 Å². The summed E-state index contributed by atoms with van der Waals surface area (Å²) in [6.45, 7) is 8.37. The van der Waals surface area contributed by atoms with Crippen molar-refractivity contribution in [3.8, 4) is 0 Å². The standard InChI is InChI=1S/C21H26N4O2/c1-13(2)11-22-8-9-23-20(26)17-12-25(4)21(27)16-10-15-7-5-6-14(3)18(15)24-19(16)17/h5-7,10,12-13,22H,8-9,11H2,1-4H3,(H,23,26). The molecule has 0 aliphatic heterocycles. The van der Waals surface area contributed by atoms with E-state index >= 15 is 0 Å². The Kier molecular flexibility index (Phi) is 5.56. The number of carbonyl (C=O) groups is 1. The number of aryl methyl sites for hydroxylation is 2. The molecule has 0 fully saturated rings. The molecule has 6 heteroatoms. The quantitative estimate of drug-likeness (QED) is 0.519. The van der Waals surface area contributed by atoms with Gasteiger partial charge in [0.25, 0.3) is 11.5 Å². The average Bonchev–Trinajstić information content (AvgIpc) is 2.63. The van der Waals surface area contributed by atoms with Gasteiger partial charge in [0.1, 0.15) is 0 Å². The van der Waals surface area contributed by atoms with Gasteiger partial charge in [0.2, 0.25) is 0 Å². The van der Waals surface area contributed by atoms with Crippen molar-refractivity contribution in [2.45, 2.75) is 20.8 Å². The molecule has 0 aliphatic carbocycles. The first-order chi connectivity index (χ1) is 12.9. The summed E-state index contributed by atoms with van der Waals surface area (Å²) in [5.41, 5.74) is 2.54. The Balaban J connectivity index is 1.97. The molecule has 142 valence electrons. The first-order valence-corrected chi connectivity index (χ1v) is 9.27. The van der Waals surface area contributed by atoms with Crippen LogP contribution in [0.15, 0.2) is 35.3 Å². The fraction of sp³-hybridized carbons (Fsp3) is 0.381. The summed E-state index contributed by atoms with van der Waals surface area (Å²) in [4.78, 5) is 30.0. The Labute approximate surface area is 158 Å². The summed E-state index contributed by atoms with van der Waals surface area (Å²) in [5.74, 6) is 0.344. The fourth-order valence-corrected chi connectivity index (χ4v) is 3.14. The van der Waals surface area contributed by atoms with Crippen LogP contribution < -0.4 is 16.2 Å². The second-order valence-electron chi connectivity index (χ2n) is 7.34. The molecule has 0 saturated heterocycles. The third-order valence-corrected chi connectivity index (χ3v) is 4.56. The van der Waals surface area contributed by atoms with E-state index in [1.54, 1.807) is 13.2 Å². The number of nitrogens with one attached hydrogen (secondary N) is 2. The van der Waals surface area contributed by atoms with Crippen molar-refractivity contribution in [1.82, 2.24) is 20.2 Å². The van der Waals surface area contributed by atoms with E-state index in [-0.39, 0.29) is 11.5 Å². The first-order valence-electron chi connectivity index (χ1n) is 9.27. The molecular weight excluding hydrogens is 340 g/mol. The minimum Gasteiger partial charge on any atom is -0.351 e. The van der Waals surface area contributed by atoms with Gasteiger partial charge in [-0.3, -0.25) is 9.59 Å². The number of benzene rings is 1. The number of rotatable bonds is 6. The number of amides is 1. The Morgan fingerprint density at radius 2 is 2.00 bits per heavy atom. The molecular formula is C21H26N4O2. The zero-order valence-electron chi connectivity index (χ0n) is 16.3. The topological polar surface area (TPSA) is 76.0 Å². The maximum Gasteiger partial charge on any atom is 0.259 e. The molecule has 0 saturated carbocycles. The lowest BCUT2D eigenvalue weighted by atomic mass is 10.1. The van der Waals surface area contributed by atoms with Crippen LogP contribution >= 0.6 is 0 Å². The Morgan fingerprint density at radius 1 is 1.22 bits per heavy atom. The molecule has 0 unspecified atom stereocenters. The third kappa shape index (κ3) is 4.01. The van der Waals surface area contributed by atoms with Crippen molar-refractivity contribution >= 4 is 27.7 Å². The van der Waals surface area contributed by atoms with E-state index in [0.717, 1.165) is 23.0 Å². The van der Waals surface area contributed by atoms with Gasteiger partial charge in [0, 0.05) is 31.7 Å². The Hall–Kier alpha value is -2.73. The summed E-state index contributed by atoms with van der Waals surface area (Å²) in [7, 11) is 1.66. The van der Waals surface area contributed by atoms with Gasteiger partial charge < -0.3 is 15.2 Å². The Morgan fingerprint density at radius 3 is 2.74 bits per heavy atom.